The molecule has 1 atom stereocenters. The number of esters is 2. The highest BCUT2D eigenvalue weighted by Crippen LogP contribution is 2.29. The first-order valence-corrected chi connectivity index (χ1v) is 9.20. The minimum Gasteiger partial charge on any atom is -0.459 e. The number of halogens is 1. The van der Waals surface area contributed by atoms with Crippen LogP contribution in [0.3, 0.4) is 0 Å². The molecule has 28 heavy (non-hydrogen) atoms. The second-order valence-corrected chi connectivity index (χ2v) is 6.95. The van der Waals surface area contributed by atoms with E-state index in [1.807, 2.05) is 0 Å². The summed E-state index contributed by atoms with van der Waals surface area (Å²) in [5.74, 6) is -0.795. The van der Waals surface area contributed by atoms with Crippen LogP contribution in [-0.2, 0) is 14.3 Å². The summed E-state index contributed by atoms with van der Waals surface area (Å²) in [7, 11) is 0. The third-order valence-electron chi connectivity index (χ3n) is 4.71. The Morgan fingerprint density at radius 2 is 1.68 bits per heavy atom. The van der Waals surface area contributed by atoms with Crippen LogP contribution >= 0.6 is 0 Å². The number of carbonyl (C=O) groups excluding carboxylic acids is 2. The third kappa shape index (κ3) is 5.22. The van der Waals surface area contributed by atoms with Crippen LogP contribution in [0.4, 0.5) is 15.8 Å². The highest BCUT2D eigenvalue weighted by molar-refractivity contribution is 5.91. The lowest BCUT2D eigenvalue weighted by Crippen LogP contribution is -2.29. The van der Waals surface area contributed by atoms with Crippen molar-refractivity contribution in [2.24, 2.45) is 5.92 Å². The third-order valence-corrected chi connectivity index (χ3v) is 4.71. The van der Waals surface area contributed by atoms with Gasteiger partial charge in [-0.1, -0.05) is 6.08 Å². The molecule has 0 heterocycles. The van der Waals surface area contributed by atoms with Crippen molar-refractivity contribution in [1.29, 1.82) is 0 Å². The number of benzene rings is 1. The van der Waals surface area contributed by atoms with Crippen LogP contribution in [0.25, 0.3) is 0 Å². The zero-order valence-electron chi connectivity index (χ0n) is 15.3. The van der Waals surface area contributed by atoms with Gasteiger partial charge >= 0.3 is 11.9 Å². The van der Waals surface area contributed by atoms with E-state index in [9.17, 15) is 14.0 Å². The Balaban J connectivity index is 1.49. The molecule has 148 valence electrons. The summed E-state index contributed by atoms with van der Waals surface area (Å²) in [4.78, 5) is 24.6. The molecule has 0 amide bonds. The first kappa shape index (κ1) is 19.7. The van der Waals surface area contributed by atoms with E-state index in [-0.39, 0.29) is 18.0 Å². The molecule has 1 saturated carbocycles. The Bertz CT molecular complexity index is 819. The Kier molecular flexibility index (Phi) is 6.13. The molecule has 0 aromatic heterocycles. The second kappa shape index (κ2) is 8.73. The van der Waals surface area contributed by atoms with Crippen molar-refractivity contribution < 1.29 is 23.5 Å². The van der Waals surface area contributed by atoms with Gasteiger partial charge in [-0.05, 0) is 68.2 Å². The molecule has 6 nitrogen and oxygen atoms in total. The maximum atomic E-state index is 13.2. The molecule has 0 spiro atoms. The number of hydrogen-bond donors (Lipinski definition) is 2. The van der Waals surface area contributed by atoms with Crippen LogP contribution in [0.1, 0.15) is 36.0 Å². The normalized spacial score (nSPS) is 24.2. The van der Waals surface area contributed by atoms with Crippen LogP contribution in [0.2, 0.25) is 0 Å². The SMILES string of the molecule is Nc1cc(N)cc(C(=O)OC2CCC(C(=O)OC3=CC=CC(F)C=C3)CC2)c1. The monoisotopic (exact) mass is 386 g/mol. The molecule has 2 aliphatic rings. The largest absolute Gasteiger partial charge is 0.459 e. The predicted octanol–water partition coefficient (Wildman–Crippen LogP) is 3.46. The molecular weight excluding hydrogens is 363 g/mol. The summed E-state index contributed by atoms with van der Waals surface area (Å²) >= 11 is 0. The molecule has 0 aliphatic heterocycles. The van der Waals surface area contributed by atoms with Crippen molar-refractivity contribution >= 4 is 23.3 Å². The molecule has 1 fully saturated rings. The fourth-order valence-corrected chi connectivity index (χ4v) is 3.26. The lowest BCUT2D eigenvalue weighted by Gasteiger charge is -2.27. The fraction of sp³-hybridized carbons (Fsp3) is 0.333. The van der Waals surface area contributed by atoms with E-state index >= 15 is 0 Å². The van der Waals surface area contributed by atoms with Crippen molar-refractivity contribution in [1.82, 2.24) is 0 Å². The molecule has 2 aliphatic carbocycles. The van der Waals surface area contributed by atoms with Crippen molar-refractivity contribution in [3.63, 3.8) is 0 Å². The van der Waals surface area contributed by atoms with Gasteiger partial charge in [0.2, 0.25) is 0 Å². The number of allylic oxidation sites excluding steroid dienone is 5. The molecule has 0 saturated heterocycles. The van der Waals surface area contributed by atoms with E-state index in [1.54, 1.807) is 12.1 Å². The summed E-state index contributed by atoms with van der Waals surface area (Å²) < 4.78 is 24.1. The number of anilines is 2. The average molecular weight is 386 g/mol. The van der Waals surface area contributed by atoms with E-state index in [2.05, 4.69) is 0 Å². The summed E-state index contributed by atoms with van der Waals surface area (Å²) in [6.45, 7) is 0. The van der Waals surface area contributed by atoms with Crippen LogP contribution in [0.5, 0.6) is 0 Å². The Hall–Kier alpha value is -3.09. The summed E-state index contributed by atoms with van der Waals surface area (Å²) in [6.07, 6.45) is 7.98. The number of alkyl halides is 1. The minimum absolute atomic E-state index is 0.272. The Morgan fingerprint density at radius 3 is 2.36 bits per heavy atom. The van der Waals surface area contributed by atoms with Crippen molar-refractivity contribution in [2.45, 2.75) is 38.0 Å². The van der Waals surface area contributed by atoms with E-state index < -0.39 is 12.1 Å². The number of ether oxygens (including phenoxy) is 2. The van der Waals surface area contributed by atoms with E-state index in [4.69, 9.17) is 20.9 Å². The van der Waals surface area contributed by atoms with Crippen LogP contribution in [-0.4, -0.2) is 24.2 Å². The molecule has 1 aromatic carbocycles. The van der Waals surface area contributed by atoms with Crippen LogP contribution < -0.4 is 11.5 Å². The fourth-order valence-electron chi connectivity index (χ4n) is 3.26. The van der Waals surface area contributed by atoms with Gasteiger partial charge in [0.1, 0.15) is 18.0 Å². The van der Waals surface area contributed by atoms with E-state index in [0.29, 0.717) is 48.4 Å². The predicted molar refractivity (Wildman–Crippen MR) is 104 cm³/mol. The summed E-state index contributed by atoms with van der Waals surface area (Å²) in [6, 6.07) is 4.61. The number of carbonyl (C=O) groups is 2. The Morgan fingerprint density at radius 1 is 1.00 bits per heavy atom. The van der Waals surface area contributed by atoms with E-state index in [0.717, 1.165) is 0 Å². The van der Waals surface area contributed by atoms with Gasteiger partial charge in [0.15, 0.2) is 0 Å². The maximum absolute atomic E-state index is 13.2. The first-order chi connectivity index (χ1) is 13.4. The molecular formula is C21H23FN2O4. The van der Waals surface area contributed by atoms with Crippen LogP contribution in [0.15, 0.2) is 54.3 Å². The second-order valence-electron chi connectivity index (χ2n) is 6.95. The molecule has 7 heteroatoms. The summed E-state index contributed by atoms with van der Waals surface area (Å²) in [5, 5.41) is 0. The molecule has 0 bridgehead atoms. The molecule has 0 radical (unpaired) electrons. The van der Waals surface area contributed by atoms with Crippen molar-refractivity contribution in [2.75, 3.05) is 11.5 Å². The highest BCUT2D eigenvalue weighted by atomic mass is 19.1. The highest BCUT2D eigenvalue weighted by Gasteiger charge is 2.30. The molecule has 1 unspecified atom stereocenters. The maximum Gasteiger partial charge on any atom is 0.338 e. The van der Waals surface area contributed by atoms with Gasteiger partial charge in [0.05, 0.1) is 11.5 Å². The number of rotatable bonds is 4. The number of nitrogens with two attached hydrogens (primary N) is 2. The molecule has 1 aromatic rings. The van der Waals surface area contributed by atoms with Gasteiger partial charge in [-0.3, -0.25) is 4.79 Å². The zero-order valence-corrected chi connectivity index (χ0v) is 15.3. The molecule has 4 N–H and O–H groups in total. The van der Waals surface area contributed by atoms with Gasteiger partial charge < -0.3 is 20.9 Å². The van der Waals surface area contributed by atoms with Gasteiger partial charge in [-0.2, -0.15) is 0 Å². The Labute approximate surface area is 162 Å². The summed E-state index contributed by atoms with van der Waals surface area (Å²) in [5.41, 5.74) is 12.5. The quantitative estimate of drug-likeness (QED) is 0.607. The smallest absolute Gasteiger partial charge is 0.338 e. The van der Waals surface area contributed by atoms with E-state index in [1.165, 1.54) is 36.4 Å². The van der Waals surface area contributed by atoms with Gasteiger partial charge in [-0.25, -0.2) is 9.18 Å². The first-order valence-electron chi connectivity index (χ1n) is 9.20. The van der Waals surface area contributed by atoms with Crippen LogP contribution in [0, 0.1) is 5.92 Å². The van der Waals surface area contributed by atoms with Gasteiger partial charge in [0, 0.05) is 11.4 Å². The minimum atomic E-state index is -1.19. The number of hydrogen-bond acceptors (Lipinski definition) is 6. The van der Waals surface area contributed by atoms with Gasteiger partial charge in [0.25, 0.3) is 0 Å². The topological polar surface area (TPSA) is 105 Å². The van der Waals surface area contributed by atoms with Gasteiger partial charge in [-0.15, -0.1) is 0 Å². The lowest BCUT2D eigenvalue weighted by atomic mass is 9.87. The number of nitrogen functional groups attached to an aromatic ring is 2. The van der Waals surface area contributed by atoms with Crippen molar-refractivity contribution in [3.05, 3.63) is 59.9 Å². The zero-order chi connectivity index (χ0) is 20.1. The molecule has 3 rings (SSSR count). The van der Waals surface area contributed by atoms with Crippen molar-refractivity contribution in [3.8, 4) is 0 Å². The average Bonchev–Trinajstić information content (AvgIpc) is 2.85. The lowest BCUT2D eigenvalue weighted by molar-refractivity contribution is -0.145. The standard InChI is InChI=1S/C21H23FN2O4/c22-15-2-1-3-18(9-6-15)27-20(25)13-4-7-19(8-5-13)28-21(26)14-10-16(23)12-17(24)11-14/h1-3,6,9-13,15,19H,4-5,7-8,23-24H2.